The van der Waals surface area contributed by atoms with E-state index >= 15 is 0 Å². The number of benzene rings is 1. The maximum Gasteiger partial charge on any atom is 0.416 e. The van der Waals surface area contributed by atoms with Gasteiger partial charge >= 0.3 is 6.18 Å². The summed E-state index contributed by atoms with van der Waals surface area (Å²) < 4.78 is 64.5. The second-order valence-electron chi connectivity index (χ2n) is 7.09. The van der Waals surface area contributed by atoms with Crippen LogP contribution >= 0.6 is 0 Å². The van der Waals surface area contributed by atoms with Crippen LogP contribution in [-0.2, 0) is 21.0 Å². The molecule has 3 rings (SSSR count). The van der Waals surface area contributed by atoms with Crippen molar-refractivity contribution >= 4 is 15.9 Å². The number of hydrogen-bond acceptors (Lipinski definition) is 3. The fourth-order valence-corrected chi connectivity index (χ4v) is 4.59. The molecular weight excluding hydrogens is 383 g/mol. The molecule has 27 heavy (non-hydrogen) atoms. The van der Waals surface area contributed by atoms with E-state index in [1.54, 1.807) is 0 Å². The second kappa shape index (κ2) is 7.40. The maximum absolute atomic E-state index is 12.7. The molecule has 0 bridgehead atoms. The van der Waals surface area contributed by atoms with Crippen LogP contribution in [0.5, 0.6) is 0 Å². The summed E-state index contributed by atoms with van der Waals surface area (Å²) in [7, 11) is -3.85. The maximum atomic E-state index is 12.7. The monoisotopic (exact) mass is 406 g/mol. The third-order valence-electron chi connectivity index (χ3n) is 5.11. The zero-order chi connectivity index (χ0) is 19.8. The van der Waals surface area contributed by atoms with Crippen molar-refractivity contribution in [3.05, 3.63) is 29.8 Å². The number of nitrogens with one attached hydrogen (secondary N) is 2. The highest BCUT2D eigenvalue weighted by Gasteiger charge is 2.36. The van der Waals surface area contributed by atoms with Gasteiger partial charge in [-0.1, -0.05) is 0 Å². The highest BCUT2D eigenvalue weighted by Crippen LogP contribution is 2.30. The molecule has 1 aliphatic carbocycles. The summed E-state index contributed by atoms with van der Waals surface area (Å²) in [6.45, 7) is 3.21. The number of rotatable bonds is 5. The van der Waals surface area contributed by atoms with Crippen LogP contribution in [0, 0.1) is 0 Å². The van der Waals surface area contributed by atoms with Gasteiger partial charge in [0.2, 0.25) is 10.0 Å². The molecule has 0 radical (unpaired) electrons. The molecule has 2 fully saturated rings. The first-order chi connectivity index (χ1) is 12.6. The Balaban J connectivity index is 1.61. The Morgan fingerprint density at radius 1 is 1.19 bits per heavy atom. The first kappa shape index (κ1) is 20.1. The summed E-state index contributed by atoms with van der Waals surface area (Å²) in [5.74, 6) is -0.0217. The fraction of sp³-hybridized carbons (Fsp3) is 0.588. The van der Waals surface area contributed by atoms with Crippen molar-refractivity contribution in [2.24, 2.45) is 0 Å². The van der Waals surface area contributed by atoms with E-state index in [1.165, 1.54) is 4.31 Å². The molecule has 0 aromatic heterocycles. The molecule has 1 saturated heterocycles. The van der Waals surface area contributed by atoms with E-state index < -0.39 is 21.8 Å². The molecule has 1 aromatic rings. The Labute approximate surface area is 156 Å². The van der Waals surface area contributed by atoms with E-state index in [-0.39, 0.29) is 36.0 Å². The Morgan fingerprint density at radius 2 is 1.74 bits per heavy atom. The number of amides is 1. The van der Waals surface area contributed by atoms with Gasteiger partial charge in [0.25, 0.3) is 5.91 Å². The Morgan fingerprint density at radius 3 is 2.22 bits per heavy atom. The van der Waals surface area contributed by atoms with E-state index in [9.17, 15) is 26.4 Å². The zero-order valence-corrected chi connectivity index (χ0v) is 15.7. The molecule has 10 heteroatoms. The smallest absolute Gasteiger partial charge is 0.348 e. The third-order valence-corrected chi connectivity index (χ3v) is 7.03. The summed E-state index contributed by atoms with van der Waals surface area (Å²) in [6, 6.07) is 3.55. The Bertz CT molecular complexity index is 784. The average molecular weight is 406 g/mol. The lowest BCUT2D eigenvalue weighted by molar-refractivity contribution is -0.917. The SMILES string of the molecule is C[C@@H](C(=O)NC1CC1)[NH+]1CCN(S(=O)(=O)c2ccc(C(F)(F)F)cc2)CC1. The molecule has 1 amide bonds. The molecule has 2 aliphatic rings. The lowest BCUT2D eigenvalue weighted by atomic mass is 10.2. The van der Waals surface area contributed by atoms with Crippen LogP contribution in [0.1, 0.15) is 25.3 Å². The number of hydrogen-bond donors (Lipinski definition) is 2. The molecule has 0 unspecified atom stereocenters. The van der Waals surface area contributed by atoms with Crippen LogP contribution < -0.4 is 10.2 Å². The van der Waals surface area contributed by atoms with Crippen molar-refractivity contribution in [3.8, 4) is 0 Å². The molecule has 1 saturated carbocycles. The number of piperazine rings is 1. The van der Waals surface area contributed by atoms with Gasteiger partial charge in [-0.05, 0) is 44.0 Å². The number of quaternary nitrogens is 1. The highest BCUT2D eigenvalue weighted by molar-refractivity contribution is 7.89. The van der Waals surface area contributed by atoms with Crippen LogP contribution in [-0.4, -0.2) is 56.9 Å². The highest BCUT2D eigenvalue weighted by atomic mass is 32.2. The number of alkyl halides is 3. The fourth-order valence-electron chi connectivity index (χ4n) is 3.15. The van der Waals surface area contributed by atoms with Crippen LogP contribution in [0.25, 0.3) is 0 Å². The van der Waals surface area contributed by atoms with Crippen LogP contribution in [0.2, 0.25) is 0 Å². The molecule has 6 nitrogen and oxygen atoms in total. The lowest BCUT2D eigenvalue weighted by Crippen LogP contribution is -3.19. The number of sulfonamides is 1. The quantitative estimate of drug-likeness (QED) is 0.737. The first-order valence-electron chi connectivity index (χ1n) is 8.91. The van der Waals surface area contributed by atoms with Gasteiger partial charge in [-0.3, -0.25) is 4.79 Å². The minimum absolute atomic E-state index is 0.0217. The summed E-state index contributed by atoms with van der Waals surface area (Å²) in [6.07, 6.45) is -2.49. The van der Waals surface area contributed by atoms with E-state index in [2.05, 4.69) is 5.32 Å². The largest absolute Gasteiger partial charge is 0.416 e. The van der Waals surface area contributed by atoms with E-state index in [0.29, 0.717) is 13.1 Å². The summed E-state index contributed by atoms with van der Waals surface area (Å²) >= 11 is 0. The summed E-state index contributed by atoms with van der Waals surface area (Å²) in [5.41, 5.74) is -0.883. The minimum Gasteiger partial charge on any atom is -0.348 e. The van der Waals surface area contributed by atoms with Crippen molar-refractivity contribution in [3.63, 3.8) is 0 Å². The van der Waals surface area contributed by atoms with Crippen molar-refractivity contribution in [2.75, 3.05) is 26.2 Å². The zero-order valence-electron chi connectivity index (χ0n) is 14.9. The molecule has 2 N–H and O–H groups in total. The van der Waals surface area contributed by atoms with Crippen molar-refractivity contribution < 1.29 is 31.3 Å². The predicted molar refractivity (Wildman–Crippen MR) is 91.5 cm³/mol. The van der Waals surface area contributed by atoms with Crippen LogP contribution in [0.3, 0.4) is 0 Å². The number of halogens is 3. The Hall–Kier alpha value is -1.65. The summed E-state index contributed by atoms with van der Waals surface area (Å²) in [5, 5.41) is 2.95. The van der Waals surface area contributed by atoms with Gasteiger partial charge in [0, 0.05) is 6.04 Å². The molecule has 1 aromatic carbocycles. The van der Waals surface area contributed by atoms with Gasteiger partial charge < -0.3 is 10.2 Å². The molecule has 1 atom stereocenters. The van der Waals surface area contributed by atoms with Crippen molar-refractivity contribution in [1.29, 1.82) is 0 Å². The van der Waals surface area contributed by atoms with Gasteiger partial charge in [0.1, 0.15) is 0 Å². The number of carbonyl (C=O) groups is 1. The first-order valence-corrected chi connectivity index (χ1v) is 10.4. The van der Waals surface area contributed by atoms with Crippen LogP contribution in [0.15, 0.2) is 29.2 Å². The van der Waals surface area contributed by atoms with Gasteiger partial charge in [0.15, 0.2) is 6.04 Å². The van der Waals surface area contributed by atoms with Gasteiger partial charge in [0.05, 0.1) is 36.6 Å². The molecule has 150 valence electrons. The normalized spacial score (nSPS) is 21.0. The van der Waals surface area contributed by atoms with Crippen molar-refractivity contribution in [2.45, 2.75) is 42.9 Å². The molecule has 1 heterocycles. The van der Waals surface area contributed by atoms with Crippen LogP contribution in [0.4, 0.5) is 13.2 Å². The third kappa shape index (κ3) is 4.61. The average Bonchev–Trinajstić information content (AvgIpc) is 3.44. The topological polar surface area (TPSA) is 70.9 Å². The van der Waals surface area contributed by atoms with Gasteiger partial charge in [-0.15, -0.1) is 0 Å². The minimum atomic E-state index is -4.51. The van der Waals surface area contributed by atoms with E-state index in [1.807, 2.05) is 6.92 Å². The number of nitrogens with zero attached hydrogens (tertiary/aromatic N) is 1. The standard InChI is InChI=1S/C17H22F3N3O3S/c1-12(16(24)21-14-4-5-14)22-8-10-23(11-9-22)27(25,26)15-6-2-13(3-7-15)17(18,19)20/h2-3,6-7,12,14H,4-5,8-11H2,1H3,(H,21,24)/p+1/t12-/m0/s1. The lowest BCUT2D eigenvalue weighted by Gasteiger charge is -2.34. The van der Waals surface area contributed by atoms with Gasteiger partial charge in [-0.2, -0.15) is 17.5 Å². The van der Waals surface area contributed by atoms with Crippen molar-refractivity contribution in [1.82, 2.24) is 9.62 Å². The molecular formula is C17H23F3N3O3S+. The predicted octanol–water partition coefficient (Wildman–Crippen LogP) is 0.262. The summed E-state index contributed by atoms with van der Waals surface area (Å²) in [4.78, 5) is 13.0. The van der Waals surface area contributed by atoms with E-state index in [4.69, 9.17) is 0 Å². The Kier molecular flexibility index (Phi) is 5.51. The molecule has 0 spiro atoms. The van der Waals surface area contributed by atoms with E-state index in [0.717, 1.165) is 42.0 Å². The molecule has 1 aliphatic heterocycles. The number of carbonyl (C=O) groups excluding carboxylic acids is 1. The second-order valence-corrected chi connectivity index (χ2v) is 9.03. The van der Waals surface area contributed by atoms with Gasteiger partial charge in [-0.25, -0.2) is 8.42 Å².